The second-order valence-corrected chi connectivity index (χ2v) is 5.32. The summed E-state index contributed by atoms with van der Waals surface area (Å²) >= 11 is 1.17. The molecule has 98 valence electrons. The van der Waals surface area contributed by atoms with E-state index in [-0.39, 0.29) is 5.69 Å². The van der Waals surface area contributed by atoms with Crippen molar-refractivity contribution in [3.63, 3.8) is 0 Å². The summed E-state index contributed by atoms with van der Waals surface area (Å²) in [7, 11) is 1.88. The van der Waals surface area contributed by atoms with Crippen molar-refractivity contribution < 1.29 is 4.92 Å². The lowest BCUT2D eigenvalue weighted by Gasteiger charge is -2.02. The monoisotopic (exact) mass is 277 g/mol. The smallest absolute Gasteiger partial charge is 0.301 e. The van der Waals surface area contributed by atoms with Crippen LogP contribution in [0.25, 0.3) is 0 Å². The molecule has 0 spiro atoms. The van der Waals surface area contributed by atoms with E-state index in [9.17, 15) is 10.1 Å². The minimum Gasteiger partial charge on any atom is -0.309 e. The molecule has 1 fully saturated rings. The molecule has 7 nitrogen and oxygen atoms in total. The molecule has 0 amide bonds. The molecule has 0 N–H and O–H groups in total. The van der Waals surface area contributed by atoms with Gasteiger partial charge in [-0.3, -0.25) is 10.1 Å². The molecule has 3 rings (SSSR count). The van der Waals surface area contributed by atoms with Crippen molar-refractivity contribution in [2.45, 2.75) is 28.9 Å². The van der Waals surface area contributed by atoms with Crippen LogP contribution in [0.4, 0.5) is 5.69 Å². The maximum Gasteiger partial charge on any atom is 0.301 e. The van der Waals surface area contributed by atoms with Gasteiger partial charge in [0.2, 0.25) is 0 Å². The standard InChI is InChI=1S/C11H11N5O2S/c1-15-9(7-4-5-7)13-14-11(15)19-10-8(16(17)18)3-2-6-12-10/h2-3,6-7H,4-5H2,1H3. The molecule has 2 heterocycles. The zero-order valence-corrected chi connectivity index (χ0v) is 11.0. The van der Waals surface area contributed by atoms with Crippen LogP contribution in [0.15, 0.2) is 28.5 Å². The molecule has 0 unspecified atom stereocenters. The topological polar surface area (TPSA) is 86.7 Å². The molecule has 1 saturated carbocycles. The highest BCUT2D eigenvalue weighted by Crippen LogP contribution is 2.40. The van der Waals surface area contributed by atoms with Crippen LogP contribution in [-0.4, -0.2) is 24.7 Å². The lowest BCUT2D eigenvalue weighted by Crippen LogP contribution is -1.98. The zero-order valence-electron chi connectivity index (χ0n) is 10.2. The summed E-state index contributed by atoms with van der Waals surface area (Å²) in [6, 6.07) is 2.99. The van der Waals surface area contributed by atoms with Crippen molar-refractivity contribution >= 4 is 17.4 Å². The Labute approximate surface area is 113 Å². The van der Waals surface area contributed by atoms with Gasteiger partial charge in [-0.15, -0.1) is 10.2 Å². The lowest BCUT2D eigenvalue weighted by molar-refractivity contribution is -0.388. The SMILES string of the molecule is Cn1c(Sc2ncccc2[N+](=O)[O-])nnc1C1CC1. The Bertz CT molecular complexity index is 638. The third-order valence-corrected chi connectivity index (χ3v) is 3.99. The van der Waals surface area contributed by atoms with E-state index in [1.807, 2.05) is 11.6 Å². The number of hydrogen-bond acceptors (Lipinski definition) is 6. The summed E-state index contributed by atoms with van der Waals surface area (Å²) in [6.45, 7) is 0. The van der Waals surface area contributed by atoms with Gasteiger partial charge >= 0.3 is 5.69 Å². The van der Waals surface area contributed by atoms with Crippen molar-refractivity contribution in [1.82, 2.24) is 19.7 Å². The molecule has 0 atom stereocenters. The Hall–Kier alpha value is -1.96. The first-order chi connectivity index (χ1) is 9.16. The van der Waals surface area contributed by atoms with Crippen molar-refractivity contribution in [2.75, 3.05) is 0 Å². The number of nitro groups is 1. The molecule has 0 saturated heterocycles. The fourth-order valence-electron chi connectivity index (χ4n) is 1.80. The molecule has 1 aliphatic rings. The van der Waals surface area contributed by atoms with Crippen LogP contribution in [-0.2, 0) is 7.05 Å². The van der Waals surface area contributed by atoms with Crippen LogP contribution in [0.2, 0.25) is 0 Å². The maximum absolute atomic E-state index is 10.9. The Morgan fingerprint density at radius 1 is 1.47 bits per heavy atom. The van der Waals surface area contributed by atoms with Crippen molar-refractivity contribution in [3.8, 4) is 0 Å². The summed E-state index contributed by atoms with van der Waals surface area (Å²) in [5, 5.41) is 20.1. The predicted octanol–water partition coefficient (Wildman–Crippen LogP) is 2.15. The van der Waals surface area contributed by atoms with Crippen LogP contribution in [0.5, 0.6) is 0 Å². The highest BCUT2D eigenvalue weighted by Gasteiger charge is 2.30. The molecule has 8 heteroatoms. The summed E-state index contributed by atoms with van der Waals surface area (Å²) in [5.41, 5.74) is -0.0107. The maximum atomic E-state index is 10.9. The minimum atomic E-state index is -0.437. The van der Waals surface area contributed by atoms with Gasteiger partial charge < -0.3 is 4.57 Å². The predicted molar refractivity (Wildman–Crippen MR) is 68.0 cm³/mol. The Kier molecular flexibility index (Phi) is 2.94. The van der Waals surface area contributed by atoms with Crippen LogP contribution in [0.1, 0.15) is 24.6 Å². The molecule has 1 aliphatic carbocycles. The normalized spacial score (nSPS) is 14.6. The molecule has 19 heavy (non-hydrogen) atoms. The highest BCUT2D eigenvalue weighted by atomic mass is 32.2. The number of rotatable bonds is 4. The Morgan fingerprint density at radius 2 is 2.26 bits per heavy atom. The number of pyridine rings is 1. The van der Waals surface area contributed by atoms with Crippen LogP contribution in [0, 0.1) is 10.1 Å². The first-order valence-electron chi connectivity index (χ1n) is 5.83. The van der Waals surface area contributed by atoms with Crippen LogP contribution < -0.4 is 0 Å². The Balaban J connectivity index is 1.91. The van der Waals surface area contributed by atoms with Gasteiger partial charge in [0.15, 0.2) is 10.2 Å². The zero-order chi connectivity index (χ0) is 13.4. The van der Waals surface area contributed by atoms with E-state index >= 15 is 0 Å². The molecular weight excluding hydrogens is 266 g/mol. The fourth-order valence-corrected chi connectivity index (χ4v) is 2.64. The molecule has 0 bridgehead atoms. The van der Waals surface area contributed by atoms with E-state index in [4.69, 9.17) is 0 Å². The summed E-state index contributed by atoms with van der Waals surface area (Å²) in [5.74, 6) is 1.44. The number of nitrogens with zero attached hydrogens (tertiary/aromatic N) is 5. The third kappa shape index (κ3) is 2.30. The van der Waals surface area contributed by atoms with E-state index in [1.54, 1.807) is 6.07 Å². The van der Waals surface area contributed by atoms with Gasteiger partial charge in [-0.2, -0.15) is 0 Å². The Morgan fingerprint density at radius 3 is 2.95 bits per heavy atom. The van der Waals surface area contributed by atoms with E-state index < -0.39 is 4.92 Å². The quantitative estimate of drug-likeness (QED) is 0.628. The molecule has 0 radical (unpaired) electrons. The second kappa shape index (κ2) is 4.61. The summed E-state index contributed by atoms with van der Waals surface area (Å²) in [4.78, 5) is 14.5. The van der Waals surface area contributed by atoms with E-state index in [0.717, 1.165) is 18.7 Å². The molecule has 0 aliphatic heterocycles. The average Bonchev–Trinajstić information content (AvgIpc) is 3.17. The molecule has 0 aromatic carbocycles. The van der Waals surface area contributed by atoms with Gasteiger partial charge in [-0.05, 0) is 30.7 Å². The molecular formula is C11H11N5O2S. The average molecular weight is 277 g/mol. The van der Waals surface area contributed by atoms with E-state index in [0.29, 0.717) is 16.1 Å². The third-order valence-electron chi connectivity index (χ3n) is 2.95. The van der Waals surface area contributed by atoms with Crippen molar-refractivity contribution in [3.05, 3.63) is 34.3 Å². The molecule has 2 aromatic heterocycles. The van der Waals surface area contributed by atoms with Gasteiger partial charge in [0.25, 0.3) is 0 Å². The minimum absolute atomic E-state index is 0.0107. The van der Waals surface area contributed by atoms with Gasteiger partial charge in [0, 0.05) is 25.2 Å². The lowest BCUT2D eigenvalue weighted by atomic mass is 10.4. The van der Waals surface area contributed by atoms with Gasteiger partial charge in [0.05, 0.1) is 4.92 Å². The van der Waals surface area contributed by atoms with Gasteiger partial charge in [-0.25, -0.2) is 4.98 Å². The van der Waals surface area contributed by atoms with Gasteiger partial charge in [0.1, 0.15) is 5.82 Å². The van der Waals surface area contributed by atoms with Gasteiger partial charge in [-0.1, -0.05) is 0 Å². The fraction of sp³-hybridized carbons (Fsp3) is 0.364. The summed E-state index contributed by atoms with van der Waals surface area (Å²) in [6.07, 6.45) is 3.81. The second-order valence-electron chi connectivity index (χ2n) is 4.36. The highest BCUT2D eigenvalue weighted by molar-refractivity contribution is 7.99. The first kappa shape index (κ1) is 12.1. The largest absolute Gasteiger partial charge is 0.309 e. The van der Waals surface area contributed by atoms with E-state index in [1.165, 1.54) is 24.0 Å². The number of hydrogen-bond donors (Lipinski definition) is 0. The van der Waals surface area contributed by atoms with Crippen LogP contribution in [0.3, 0.4) is 0 Å². The summed E-state index contributed by atoms with van der Waals surface area (Å²) < 4.78 is 1.89. The molecule has 2 aromatic rings. The van der Waals surface area contributed by atoms with Crippen molar-refractivity contribution in [1.29, 1.82) is 0 Å². The first-order valence-corrected chi connectivity index (χ1v) is 6.65. The van der Waals surface area contributed by atoms with Crippen molar-refractivity contribution in [2.24, 2.45) is 7.05 Å². The van der Waals surface area contributed by atoms with E-state index in [2.05, 4.69) is 15.2 Å². The van der Waals surface area contributed by atoms with Crippen LogP contribution >= 0.6 is 11.8 Å². The number of aromatic nitrogens is 4.